The summed E-state index contributed by atoms with van der Waals surface area (Å²) in [6.07, 6.45) is -0.500. The van der Waals surface area contributed by atoms with Crippen molar-refractivity contribution in [3.8, 4) is 0 Å². The van der Waals surface area contributed by atoms with Crippen molar-refractivity contribution in [2.75, 3.05) is 6.54 Å². The summed E-state index contributed by atoms with van der Waals surface area (Å²) in [5.41, 5.74) is 4.61. The van der Waals surface area contributed by atoms with Crippen molar-refractivity contribution >= 4 is 21.9 Å². The Balaban J connectivity index is 2.98. The van der Waals surface area contributed by atoms with Crippen LogP contribution in [0.2, 0.25) is 0 Å². The molecular weight excluding hydrogens is 290 g/mol. The van der Waals surface area contributed by atoms with Crippen LogP contribution in [0, 0.1) is 0 Å². The van der Waals surface area contributed by atoms with E-state index in [0.29, 0.717) is 0 Å². The Kier molecular flexibility index (Phi) is 4.87. The molecule has 0 fully saturated rings. The van der Waals surface area contributed by atoms with Gasteiger partial charge in [-0.05, 0) is 13.0 Å². The quantitative estimate of drug-likeness (QED) is 0.472. The van der Waals surface area contributed by atoms with E-state index < -0.39 is 34.5 Å². The summed E-state index contributed by atoms with van der Waals surface area (Å²) in [4.78, 5) is 21.3. The summed E-state index contributed by atoms with van der Waals surface area (Å²) < 4.78 is 27.0. The molecule has 5 N–H and O–H groups in total. The molecule has 0 bridgehead atoms. The molecule has 0 spiro atoms. The summed E-state index contributed by atoms with van der Waals surface area (Å²) in [5, 5.41) is 18.1. The monoisotopic (exact) mass is 305 g/mol. The predicted molar refractivity (Wildman–Crippen MR) is 67.5 cm³/mol. The summed E-state index contributed by atoms with van der Waals surface area (Å²) >= 11 is 0. The molecule has 9 nitrogen and oxygen atoms in total. The van der Waals surface area contributed by atoms with Crippen LogP contribution in [-0.2, 0) is 21.4 Å². The van der Waals surface area contributed by atoms with Gasteiger partial charge >= 0.3 is 5.97 Å². The normalized spacial score (nSPS) is 13.1. The summed E-state index contributed by atoms with van der Waals surface area (Å²) in [5.74, 6) is -2.32. The fourth-order valence-electron chi connectivity index (χ4n) is 1.44. The van der Waals surface area contributed by atoms with E-state index in [1.165, 1.54) is 4.57 Å². The second-order valence-corrected chi connectivity index (χ2v) is 5.69. The number of carbonyl (C=O) groups is 2. The molecule has 1 rings (SSSR count). The number of hydrogen-bond acceptors (Lipinski definition) is 5. The maximum Gasteiger partial charge on any atom is 0.352 e. The zero-order valence-corrected chi connectivity index (χ0v) is 11.4. The number of primary amides is 1. The number of aryl methyl sites for hydroxylation is 1. The third-order valence-corrected chi connectivity index (χ3v) is 3.93. The van der Waals surface area contributed by atoms with Crippen LogP contribution in [0.5, 0.6) is 0 Å². The number of aromatic carboxylic acids is 1. The number of nitrogens with zero attached hydrogens (tertiary/aromatic N) is 1. The summed E-state index contributed by atoms with van der Waals surface area (Å²) in [6, 6.07) is 0.991. The minimum Gasteiger partial charge on any atom is -0.477 e. The summed E-state index contributed by atoms with van der Waals surface area (Å²) in [6.45, 7) is 1.35. The second-order valence-electron chi connectivity index (χ2n) is 3.92. The third-order valence-electron chi connectivity index (χ3n) is 2.54. The van der Waals surface area contributed by atoms with Crippen LogP contribution in [0.15, 0.2) is 17.2 Å². The molecule has 1 heterocycles. The van der Waals surface area contributed by atoms with Crippen molar-refractivity contribution in [1.82, 2.24) is 9.29 Å². The van der Waals surface area contributed by atoms with Crippen molar-refractivity contribution in [3.63, 3.8) is 0 Å². The van der Waals surface area contributed by atoms with E-state index in [1.807, 2.05) is 4.72 Å². The molecule has 0 aliphatic carbocycles. The molecule has 1 unspecified atom stereocenters. The Bertz CT molecular complexity index is 621. The third kappa shape index (κ3) is 3.56. The average molecular weight is 305 g/mol. The van der Waals surface area contributed by atoms with E-state index in [-0.39, 0.29) is 17.1 Å². The van der Waals surface area contributed by atoms with Gasteiger partial charge < -0.3 is 20.5 Å². The first-order chi connectivity index (χ1) is 9.19. The van der Waals surface area contributed by atoms with E-state index in [1.54, 1.807) is 6.92 Å². The maximum atomic E-state index is 11.9. The van der Waals surface area contributed by atoms with Crippen molar-refractivity contribution < 1.29 is 28.2 Å². The molecule has 20 heavy (non-hydrogen) atoms. The molecule has 0 saturated heterocycles. The number of sulfonamides is 1. The van der Waals surface area contributed by atoms with E-state index in [2.05, 4.69) is 0 Å². The first-order valence-electron chi connectivity index (χ1n) is 5.59. The molecule has 0 aliphatic rings. The molecule has 112 valence electrons. The molecule has 0 saturated carbocycles. The van der Waals surface area contributed by atoms with Crippen LogP contribution < -0.4 is 10.5 Å². The standard InChI is InChI=1S/C10H15N3O6S/c1-2-13-5-6(3-7(13)10(16)17)20(18,19)12-4-8(14)9(11)15/h3,5,8,12,14H,2,4H2,1H3,(H2,11,15)(H,16,17). The van der Waals surface area contributed by atoms with Gasteiger partial charge in [0.25, 0.3) is 0 Å². The molecule has 0 radical (unpaired) electrons. The lowest BCUT2D eigenvalue weighted by atomic mass is 10.3. The predicted octanol–water partition coefficient (Wildman–Crippen LogP) is -1.67. The number of carbonyl (C=O) groups excluding carboxylic acids is 1. The number of aromatic nitrogens is 1. The minimum atomic E-state index is -4.04. The van der Waals surface area contributed by atoms with E-state index in [9.17, 15) is 18.0 Å². The van der Waals surface area contributed by atoms with Gasteiger partial charge in [0.05, 0.1) is 0 Å². The number of hydrogen-bond donors (Lipinski definition) is 4. The number of carboxylic acids is 1. The Hall–Kier alpha value is -1.91. The molecule has 1 aromatic heterocycles. The van der Waals surface area contributed by atoms with Crippen LogP contribution >= 0.6 is 0 Å². The average Bonchev–Trinajstić information content (AvgIpc) is 2.80. The Morgan fingerprint density at radius 1 is 1.50 bits per heavy atom. The number of rotatable bonds is 7. The highest BCUT2D eigenvalue weighted by Gasteiger charge is 2.22. The van der Waals surface area contributed by atoms with Crippen molar-refractivity contribution in [1.29, 1.82) is 0 Å². The van der Waals surface area contributed by atoms with E-state index >= 15 is 0 Å². The zero-order chi connectivity index (χ0) is 15.5. The van der Waals surface area contributed by atoms with Gasteiger partial charge in [0, 0.05) is 19.3 Å². The van der Waals surface area contributed by atoms with Crippen molar-refractivity contribution in [3.05, 3.63) is 18.0 Å². The zero-order valence-electron chi connectivity index (χ0n) is 10.6. The van der Waals surface area contributed by atoms with Gasteiger partial charge in [0.15, 0.2) is 0 Å². The van der Waals surface area contributed by atoms with E-state index in [4.69, 9.17) is 15.9 Å². The number of nitrogens with one attached hydrogen (secondary N) is 1. The van der Waals surface area contributed by atoms with Gasteiger partial charge in [-0.15, -0.1) is 0 Å². The van der Waals surface area contributed by atoms with Crippen molar-refractivity contribution in [2.45, 2.75) is 24.5 Å². The van der Waals surface area contributed by atoms with E-state index in [0.717, 1.165) is 12.3 Å². The van der Waals surface area contributed by atoms with Gasteiger partial charge in [-0.3, -0.25) is 4.79 Å². The van der Waals surface area contributed by atoms with Crippen LogP contribution in [0.4, 0.5) is 0 Å². The minimum absolute atomic E-state index is 0.177. The Morgan fingerprint density at radius 3 is 2.50 bits per heavy atom. The molecular formula is C10H15N3O6S. The lowest BCUT2D eigenvalue weighted by Crippen LogP contribution is -2.39. The molecule has 1 amide bonds. The van der Waals surface area contributed by atoms with Gasteiger partial charge in [-0.1, -0.05) is 0 Å². The highest BCUT2D eigenvalue weighted by Crippen LogP contribution is 2.14. The van der Waals surface area contributed by atoms with Gasteiger partial charge in [0.1, 0.15) is 16.7 Å². The number of aliphatic hydroxyl groups is 1. The molecule has 0 aliphatic heterocycles. The van der Waals surface area contributed by atoms with Gasteiger partial charge in [0.2, 0.25) is 15.9 Å². The first-order valence-corrected chi connectivity index (χ1v) is 7.08. The van der Waals surface area contributed by atoms with Gasteiger partial charge in [-0.2, -0.15) is 0 Å². The Labute approximate surface area is 115 Å². The van der Waals surface area contributed by atoms with Crippen molar-refractivity contribution in [2.24, 2.45) is 5.73 Å². The fourth-order valence-corrected chi connectivity index (χ4v) is 2.52. The number of aliphatic hydroxyl groups excluding tert-OH is 1. The van der Waals surface area contributed by atoms with Crippen LogP contribution in [0.3, 0.4) is 0 Å². The first kappa shape index (κ1) is 16.1. The van der Waals surface area contributed by atoms with Crippen LogP contribution in [-0.4, -0.2) is 47.7 Å². The maximum absolute atomic E-state index is 11.9. The van der Waals surface area contributed by atoms with Gasteiger partial charge in [-0.25, -0.2) is 17.9 Å². The topological polar surface area (TPSA) is 152 Å². The highest BCUT2D eigenvalue weighted by atomic mass is 32.2. The smallest absolute Gasteiger partial charge is 0.352 e. The fraction of sp³-hybridized carbons (Fsp3) is 0.400. The summed E-state index contributed by atoms with van der Waals surface area (Å²) in [7, 11) is -4.04. The largest absolute Gasteiger partial charge is 0.477 e. The molecule has 1 aromatic rings. The second kappa shape index (κ2) is 6.03. The highest BCUT2D eigenvalue weighted by molar-refractivity contribution is 7.89. The molecule has 10 heteroatoms. The molecule has 0 aromatic carbocycles. The molecule has 1 atom stereocenters. The SMILES string of the molecule is CCn1cc(S(=O)(=O)NCC(O)C(N)=O)cc1C(=O)O. The van der Waals surface area contributed by atoms with Crippen LogP contribution in [0.25, 0.3) is 0 Å². The number of amides is 1. The Morgan fingerprint density at radius 2 is 2.10 bits per heavy atom. The van der Waals surface area contributed by atoms with Crippen LogP contribution in [0.1, 0.15) is 17.4 Å². The lowest BCUT2D eigenvalue weighted by molar-refractivity contribution is -0.125. The lowest BCUT2D eigenvalue weighted by Gasteiger charge is -2.08. The number of nitrogens with two attached hydrogens (primary N) is 1. The number of carboxylic acid groups (broad SMARTS) is 1.